The van der Waals surface area contributed by atoms with Gasteiger partial charge in [-0.1, -0.05) is 22.0 Å². The largest absolute Gasteiger partial charge is 0.315 e. The first-order valence-corrected chi connectivity index (χ1v) is 8.20. The molecule has 1 saturated carbocycles. The average molecular weight is 337 g/mol. The van der Waals surface area contributed by atoms with Crippen LogP contribution >= 0.6 is 27.3 Å². The minimum absolute atomic E-state index is 0.712. The fourth-order valence-corrected chi connectivity index (χ4v) is 4.03. The van der Waals surface area contributed by atoms with Gasteiger partial charge in [-0.2, -0.15) is 0 Å². The lowest BCUT2D eigenvalue weighted by molar-refractivity contribution is 0.813. The van der Waals surface area contributed by atoms with E-state index >= 15 is 0 Å². The Morgan fingerprint density at radius 1 is 1.42 bits per heavy atom. The monoisotopic (exact) mass is 336 g/mol. The lowest BCUT2D eigenvalue weighted by Gasteiger charge is -2.02. The third-order valence-corrected chi connectivity index (χ3v) is 5.05. The van der Waals surface area contributed by atoms with Crippen LogP contribution in [0.25, 0.3) is 10.6 Å². The van der Waals surface area contributed by atoms with Crippen LogP contribution in [0.1, 0.15) is 34.9 Å². The van der Waals surface area contributed by atoms with Crippen molar-refractivity contribution >= 4 is 27.3 Å². The number of aromatic nitrogens is 1. The zero-order valence-corrected chi connectivity index (χ0v) is 13.6. The molecule has 0 bridgehead atoms. The molecule has 0 spiro atoms. The number of nitrogens with one attached hydrogen (secondary N) is 1. The van der Waals surface area contributed by atoms with Gasteiger partial charge in [0, 0.05) is 27.4 Å². The van der Waals surface area contributed by atoms with Gasteiger partial charge in [0.25, 0.3) is 0 Å². The molecule has 4 heteroatoms. The Morgan fingerprint density at radius 3 is 2.84 bits per heavy atom. The highest BCUT2D eigenvalue weighted by atomic mass is 79.9. The molecule has 1 aliphatic rings. The molecule has 1 aromatic heterocycles. The SMILES string of the molecule is CNCc1sc(-c2ccc(Br)cc2C)nc1C1CC1. The molecule has 2 aromatic rings. The number of rotatable bonds is 4. The van der Waals surface area contributed by atoms with E-state index < -0.39 is 0 Å². The van der Waals surface area contributed by atoms with E-state index in [1.807, 2.05) is 18.4 Å². The zero-order valence-electron chi connectivity index (χ0n) is 11.2. The van der Waals surface area contributed by atoms with E-state index in [2.05, 4.69) is 46.4 Å². The molecule has 19 heavy (non-hydrogen) atoms. The Hall–Kier alpha value is -0.710. The van der Waals surface area contributed by atoms with Crippen molar-refractivity contribution in [2.24, 2.45) is 0 Å². The maximum absolute atomic E-state index is 4.91. The Morgan fingerprint density at radius 2 is 2.21 bits per heavy atom. The summed E-state index contributed by atoms with van der Waals surface area (Å²) in [6.45, 7) is 3.08. The molecule has 0 unspecified atom stereocenters. The van der Waals surface area contributed by atoms with Crippen LogP contribution in [0.3, 0.4) is 0 Å². The van der Waals surface area contributed by atoms with Crippen LogP contribution < -0.4 is 5.32 Å². The molecule has 2 nitrogen and oxygen atoms in total. The Labute approximate surface area is 126 Å². The molecule has 1 N–H and O–H groups in total. The molecular weight excluding hydrogens is 320 g/mol. The summed E-state index contributed by atoms with van der Waals surface area (Å²) in [5.74, 6) is 0.712. The number of aryl methyl sites for hydroxylation is 1. The highest BCUT2D eigenvalue weighted by Gasteiger charge is 2.29. The van der Waals surface area contributed by atoms with Crippen molar-refractivity contribution in [3.05, 3.63) is 38.8 Å². The summed E-state index contributed by atoms with van der Waals surface area (Å²) in [5, 5.41) is 4.42. The third-order valence-electron chi connectivity index (χ3n) is 3.45. The standard InChI is InChI=1S/C15H17BrN2S/c1-9-7-11(16)5-6-12(9)15-18-14(10-3-4-10)13(19-15)8-17-2/h5-7,10,17H,3-4,8H2,1-2H3. The summed E-state index contributed by atoms with van der Waals surface area (Å²) in [6.07, 6.45) is 2.61. The van der Waals surface area contributed by atoms with Crippen molar-refractivity contribution in [2.75, 3.05) is 7.05 Å². The summed E-state index contributed by atoms with van der Waals surface area (Å²) < 4.78 is 1.13. The van der Waals surface area contributed by atoms with E-state index in [1.54, 1.807) is 0 Å². The molecule has 0 amide bonds. The van der Waals surface area contributed by atoms with Crippen molar-refractivity contribution in [1.29, 1.82) is 0 Å². The van der Waals surface area contributed by atoms with Gasteiger partial charge < -0.3 is 5.32 Å². The first-order chi connectivity index (χ1) is 9.19. The summed E-state index contributed by atoms with van der Waals surface area (Å²) in [6, 6.07) is 6.42. The van der Waals surface area contributed by atoms with Gasteiger partial charge in [0.2, 0.25) is 0 Å². The van der Waals surface area contributed by atoms with Crippen LogP contribution in [0, 0.1) is 6.92 Å². The molecule has 3 rings (SSSR count). The van der Waals surface area contributed by atoms with Gasteiger partial charge in [0.1, 0.15) is 5.01 Å². The van der Waals surface area contributed by atoms with Crippen molar-refractivity contribution in [2.45, 2.75) is 32.2 Å². The molecule has 1 aromatic carbocycles. The number of hydrogen-bond acceptors (Lipinski definition) is 3. The van der Waals surface area contributed by atoms with Crippen molar-refractivity contribution in [3.63, 3.8) is 0 Å². The second-order valence-electron chi connectivity index (χ2n) is 5.09. The van der Waals surface area contributed by atoms with Gasteiger partial charge in [0.15, 0.2) is 0 Å². The molecule has 0 aliphatic heterocycles. The van der Waals surface area contributed by atoms with Crippen LogP contribution in [-0.4, -0.2) is 12.0 Å². The van der Waals surface area contributed by atoms with Gasteiger partial charge in [-0.05, 0) is 44.5 Å². The van der Waals surface area contributed by atoms with Crippen LogP contribution in [-0.2, 0) is 6.54 Å². The average Bonchev–Trinajstić information content (AvgIpc) is 3.12. The highest BCUT2D eigenvalue weighted by Crippen LogP contribution is 2.44. The normalized spacial score (nSPS) is 14.9. The number of thiazole rings is 1. The molecule has 0 saturated heterocycles. The first kappa shape index (κ1) is 13.3. The minimum Gasteiger partial charge on any atom is -0.315 e. The van der Waals surface area contributed by atoms with Gasteiger partial charge in [-0.15, -0.1) is 11.3 Å². The van der Waals surface area contributed by atoms with E-state index in [-0.39, 0.29) is 0 Å². The predicted molar refractivity (Wildman–Crippen MR) is 84.7 cm³/mol. The summed E-state index contributed by atoms with van der Waals surface area (Å²) in [5.41, 5.74) is 3.87. The van der Waals surface area contributed by atoms with E-state index in [0.29, 0.717) is 5.92 Å². The topological polar surface area (TPSA) is 24.9 Å². The fourth-order valence-electron chi connectivity index (χ4n) is 2.31. The highest BCUT2D eigenvalue weighted by molar-refractivity contribution is 9.10. The quantitative estimate of drug-likeness (QED) is 0.890. The summed E-state index contributed by atoms with van der Waals surface area (Å²) >= 11 is 5.36. The van der Waals surface area contributed by atoms with Crippen molar-refractivity contribution < 1.29 is 0 Å². The van der Waals surface area contributed by atoms with Gasteiger partial charge in [0.05, 0.1) is 5.69 Å². The smallest absolute Gasteiger partial charge is 0.124 e. The molecule has 1 aliphatic carbocycles. The lowest BCUT2D eigenvalue weighted by atomic mass is 10.1. The second-order valence-corrected chi connectivity index (χ2v) is 7.09. The molecule has 0 radical (unpaired) electrons. The maximum Gasteiger partial charge on any atom is 0.124 e. The molecular formula is C15H17BrN2S. The molecule has 1 heterocycles. The predicted octanol–water partition coefficient (Wildman–Crippen LogP) is 4.48. The Balaban J connectivity index is 2.02. The van der Waals surface area contributed by atoms with Gasteiger partial charge in [-0.25, -0.2) is 4.98 Å². The fraction of sp³-hybridized carbons (Fsp3) is 0.400. The number of hydrogen-bond donors (Lipinski definition) is 1. The van der Waals surface area contributed by atoms with E-state index in [9.17, 15) is 0 Å². The van der Waals surface area contributed by atoms with Crippen LogP contribution in [0.4, 0.5) is 0 Å². The van der Waals surface area contributed by atoms with E-state index in [0.717, 1.165) is 16.0 Å². The van der Waals surface area contributed by atoms with Crippen LogP contribution in [0.2, 0.25) is 0 Å². The third kappa shape index (κ3) is 2.76. The van der Waals surface area contributed by atoms with Gasteiger partial charge in [-0.3, -0.25) is 0 Å². The summed E-state index contributed by atoms with van der Waals surface area (Å²) in [4.78, 5) is 6.32. The lowest BCUT2D eigenvalue weighted by Crippen LogP contribution is -2.05. The van der Waals surface area contributed by atoms with Crippen molar-refractivity contribution in [1.82, 2.24) is 10.3 Å². The number of nitrogens with zero attached hydrogens (tertiary/aromatic N) is 1. The van der Waals surface area contributed by atoms with Crippen LogP contribution in [0.15, 0.2) is 22.7 Å². The minimum atomic E-state index is 0.712. The molecule has 100 valence electrons. The van der Waals surface area contributed by atoms with Crippen LogP contribution in [0.5, 0.6) is 0 Å². The Kier molecular flexibility index (Phi) is 3.74. The first-order valence-electron chi connectivity index (χ1n) is 6.59. The Bertz CT molecular complexity index is 602. The van der Waals surface area contributed by atoms with Crippen molar-refractivity contribution in [3.8, 4) is 10.6 Å². The van der Waals surface area contributed by atoms with Gasteiger partial charge >= 0.3 is 0 Å². The molecule has 0 atom stereocenters. The summed E-state index contributed by atoms with van der Waals surface area (Å²) in [7, 11) is 2.00. The zero-order chi connectivity index (χ0) is 13.4. The number of halogens is 1. The number of benzene rings is 1. The van der Waals surface area contributed by atoms with E-state index in [4.69, 9.17) is 4.98 Å². The molecule has 1 fully saturated rings. The van der Waals surface area contributed by atoms with E-state index in [1.165, 1.54) is 34.5 Å². The maximum atomic E-state index is 4.91. The second kappa shape index (κ2) is 5.35.